The minimum atomic E-state index is -1.04. The van der Waals surface area contributed by atoms with Crippen molar-refractivity contribution in [2.75, 3.05) is 19.0 Å². The molecule has 2 aromatic rings. The summed E-state index contributed by atoms with van der Waals surface area (Å²) in [5.41, 5.74) is 1.22. The molecule has 0 aliphatic rings. The van der Waals surface area contributed by atoms with Gasteiger partial charge in [-0.05, 0) is 6.92 Å². The predicted octanol–water partition coefficient (Wildman–Crippen LogP) is 1.07. The van der Waals surface area contributed by atoms with E-state index < -0.39 is 5.97 Å². The van der Waals surface area contributed by atoms with E-state index in [4.69, 9.17) is 9.84 Å². The lowest BCUT2D eigenvalue weighted by molar-refractivity contribution is 0.0695. The van der Waals surface area contributed by atoms with E-state index in [0.29, 0.717) is 24.8 Å². The SMILES string of the molecule is COCCn1cc(Nc2ncc(C(=O)O)c(C)n2)cn1. The van der Waals surface area contributed by atoms with Crippen LogP contribution in [-0.2, 0) is 11.3 Å². The molecule has 2 N–H and O–H groups in total. The van der Waals surface area contributed by atoms with Crippen molar-refractivity contribution in [3.63, 3.8) is 0 Å². The first-order valence-electron chi connectivity index (χ1n) is 5.95. The number of nitrogens with one attached hydrogen (secondary N) is 1. The summed E-state index contributed by atoms with van der Waals surface area (Å²) in [5.74, 6) is -0.708. The van der Waals surface area contributed by atoms with E-state index in [2.05, 4.69) is 20.4 Å². The molecule has 8 heteroatoms. The van der Waals surface area contributed by atoms with Gasteiger partial charge in [-0.2, -0.15) is 5.10 Å². The van der Waals surface area contributed by atoms with Crippen LogP contribution in [0.5, 0.6) is 0 Å². The van der Waals surface area contributed by atoms with Gasteiger partial charge in [-0.3, -0.25) is 4.68 Å². The Labute approximate surface area is 115 Å². The van der Waals surface area contributed by atoms with Crippen LogP contribution in [0.2, 0.25) is 0 Å². The summed E-state index contributed by atoms with van der Waals surface area (Å²) in [6.45, 7) is 2.85. The Bertz CT molecular complexity index is 611. The first-order valence-corrected chi connectivity index (χ1v) is 5.95. The van der Waals surface area contributed by atoms with Gasteiger partial charge in [-0.15, -0.1) is 0 Å². The Morgan fingerprint density at radius 2 is 2.30 bits per heavy atom. The lowest BCUT2D eigenvalue weighted by Crippen LogP contribution is -2.06. The molecule has 20 heavy (non-hydrogen) atoms. The van der Waals surface area contributed by atoms with Crippen LogP contribution in [0, 0.1) is 6.92 Å². The number of hydrogen-bond donors (Lipinski definition) is 2. The summed E-state index contributed by atoms with van der Waals surface area (Å²) in [5, 5.41) is 16.0. The van der Waals surface area contributed by atoms with Crippen LogP contribution in [0.1, 0.15) is 16.1 Å². The lowest BCUT2D eigenvalue weighted by atomic mass is 10.2. The van der Waals surface area contributed by atoms with E-state index in [-0.39, 0.29) is 5.56 Å². The third kappa shape index (κ3) is 3.29. The fraction of sp³-hybridized carbons (Fsp3) is 0.333. The maximum atomic E-state index is 10.9. The number of rotatable bonds is 6. The number of hydrogen-bond acceptors (Lipinski definition) is 6. The number of methoxy groups -OCH3 is 1. The normalized spacial score (nSPS) is 10.5. The van der Waals surface area contributed by atoms with Crippen molar-refractivity contribution in [1.29, 1.82) is 0 Å². The molecule has 0 radical (unpaired) electrons. The van der Waals surface area contributed by atoms with Gasteiger partial charge in [-0.25, -0.2) is 14.8 Å². The number of carboxylic acid groups (broad SMARTS) is 1. The number of carboxylic acids is 1. The molecule has 2 heterocycles. The van der Waals surface area contributed by atoms with E-state index in [1.54, 1.807) is 31.1 Å². The molecule has 2 aromatic heterocycles. The Hall–Kier alpha value is -2.48. The van der Waals surface area contributed by atoms with Gasteiger partial charge >= 0.3 is 5.97 Å². The number of aromatic carboxylic acids is 1. The number of ether oxygens (including phenoxy) is 1. The molecule has 0 fully saturated rings. The van der Waals surface area contributed by atoms with Crippen molar-refractivity contribution in [1.82, 2.24) is 19.7 Å². The summed E-state index contributed by atoms with van der Waals surface area (Å²) in [7, 11) is 1.63. The molecule has 0 spiro atoms. The standard InChI is InChI=1S/C12H15N5O3/c1-8-10(11(18)19)6-13-12(15-8)16-9-5-14-17(7-9)3-4-20-2/h5-7H,3-4H2,1-2H3,(H,18,19)(H,13,15,16). The van der Waals surface area contributed by atoms with E-state index in [1.165, 1.54) is 6.20 Å². The zero-order valence-electron chi connectivity index (χ0n) is 11.2. The van der Waals surface area contributed by atoms with Crippen LogP contribution in [0.15, 0.2) is 18.6 Å². The lowest BCUT2D eigenvalue weighted by Gasteiger charge is -2.04. The predicted molar refractivity (Wildman–Crippen MR) is 71.1 cm³/mol. The number of aromatic nitrogens is 4. The number of carbonyl (C=O) groups is 1. The first-order chi connectivity index (χ1) is 9.60. The highest BCUT2D eigenvalue weighted by Gasteiger charge is 2.10. The molecular weight excluding hydrogens is 262 g/mol. The second kappa shape index (κ2) is 6.11. The molecule has 0 unspecified atom stereocenters. The topological polar surface area (TPSA) is 102 Å². The van der Waals surface area contributed by atoms with Crippen LogP contribution in [-0.4, -0.2) is 44.5 Å². The van der Waals surface area contributed by atoms with Crippen LogP contribution >= 0.6 is 0 Å². The summed E-state index contributed by atoms with van der Waals surface area (Å²) in [6, 6.07) is 0. The molecule has 0 saturated carbocycles. The van der Waals surface area contributed by atoms with Crippen LogP contribution < -0.4 is 5.32 Å². The fourth-order valence-corrected chi connectivity index (χ4v) is 1.60. The Balaban J connectivity index is 2.08. The van der Waals surface area contributed by atoms with Crippen LogP contribution in [0.25, 0.3) is 0 Å². The maximum Gasteiger partial charge on any atom is 0.339 e. The smallest absolute Gasteiger partial charge is 0.339 e. The summed E-state index contributed by atoms with van der Waals surface area (Å²) >= 11 is 0. The van der Waals surface area contributed by atoms with Gasteiger partial charge in [0.25, 0.3) is 0 Å². The number of anilines is 2. The third-order valence-corrected chi connectivity index (χ3v) is 2.62. The van der Waals surface area contributed by atoms with Crippen LogP contribution in [0.3, 0.4) is 0 Å². The van der Waals surface area contributed by atoms with Gasteiger partial charge in [0.05, 0.1) is 36.3 Å². The molecule has 0 aliphatic heterocycles. The molecule has 0 atom stereocenters. The second-order valence-corrected chi connectivity index (χ2v) is 4.11. The fourth-order valence-electron chi connectivity index (χ4n) is 1.60. The van der Waals surface area contributed by atoms with Gasteiger partial charge in [-0.1, -0.05) is 0 Å². The molecule has 0 bridgehead atoms. The summed E-state index contributed by atoms with van der Waals surface area (Å²) in [4.78, 5) is 18.9. The minimum absolute atomic E-state index is 0.0892. The third-order valence-electron chi connectivity index (χ3n) is 2.62. The number of aryl methyl sites for hydroxylation is 1. The minimum Gasteiger partial charge on any atom is -0.478 e. The summed E-state index contributed by atoms with van der Waals surface area (Å²) in [6.07, 6.45) is 4.71. The highest BCUT2D eigenvalue weighted by molar-refractivity contribution is 5.88. The monoisotopic (exact) mass is 277 g/mol. The maximum absolute atomic E-state index is 10.9. The zero-order valence-corrected chi connectivity index (χ0v) is 11.2. The van der Waals surface area contributed by atoms with E-state index in [1.807, 2.05) is 0 Å². The molecule has 8 nitrogen and oxygen atoms in total. The van der Waals surface area contributed by atoms with Crippen molar-refractivity contribution in [2.45, 2.75) is 13.5 Å². The van der Waals surface area contributed by atoms with Gasteiger partial charge in [0.2, 0.25) is 5.95 Å². The molecule has 106 valence electrons. The van der Waals surface area contributed by atoms with Crippen molar-refractivity contribution in [3.8, 4) is 0 Å². The average Bonchev–Trinajstić information content (AvgIpc) is 2.83. The molecule has 0 aromatic carbocycles. The molecule has 0 aliphatic carbocycles. The zero-order chi connectivity index (χ0) is 14.5. The molecule has 0 saturated heterocycles. The summed E-state index contributed by atoms with van der Waals surface area (Å²) < 4.78 is 6.69. The molecule has 0 amide bonds. The van der Waals surface area contributed by atoms with Crippen molar-refractivity contribution in [3.05, 3.63) is 29.8 Å². The highest BCUT2D eigenvalue weighted by Crippen LogP contribution is 2.13. The van der Waals surface area contributed by atoms with Gasteiger partial charge in [0, 0.05) is 19.5 Å². The Morgan fingerprint density at radius 3 is 2.95 bits per heavy atom. The van der Waals surface area contributed by atoms with Gasteiger partial charge in [0.1, 0.15) is 0 Å². The van der Waals surface area contributed by atoms with E-state index in [9.17, 15) is 4.79 Å². The largest absolute Gasteiger partial charge is 0.478 e. The quantitative estimate of drug-likeness (QED) is 0.814. The molecular formula is C12H15N5O3. The van der Waals surface area contributed by atoms with Crippen molar-refractivity contribution < 1.29 is 14.6 Å². The second-order valence-electron chi connectivity index (χ2n) is 4.11. The Kier molecular flexibility index (Phi) is 4.26. The van der Waals surface area contributed by atoms with Crippen molar-refractivity contribution >= 4 is 17.6 Å². The van der Waals surface area contributed by atoms with Gasteiger partial charge in [0.15, 0.2) is 0 Å². The van der Waals surface area contributed by atoms with Crippen molar-refractivity contribution in [2.24, 2.45) is 0 Å². The number of nitrogens with zero attached hydrogens (tertiary/aromatic N) is 4. The highest BCUT2D eigenvalue weighted by atomic mass is 16.5. The van der Waals surface area contributed by atoms with E-state index >= 15 is 0 Å². The first kappa shape index (κ1) is 13.9. The van der Waals surface area contributed by atoms with E-state index in [0.717, 1.165) is 5.69 Å². The average molecular weight is 277 g/mol. The molecule has 2 rings (SSSR count). The van der Waals surface area contributed by atoms with Gasteiger partial charge < -0.3 is 15.2 Å². The van der Waals surface area contributed by atoms with Crippen LogP contribution in [0.4, 0.5) is 11.6 Å². The Morgan fingerprint density at radius 1 is 1.50 bits per heavy atom.